The second-order valence-electron chi connectivity index (χ2n) is 4.47. The molecule has 2 rings (SSSR count). The number of carboxylic acid groups (broad SMARTS) is 1. The van der Waals surface area contributed by atoms with Crippen LogP contribution in [0.4, 0.5) is 0 Å². The van der Waals surface area contributed by atoms with Crippen molar-refractivity contribution >= 4 is 28.9 Å². The molecule has 110 valence electrons. The number of amides is 1. The molecule has 0 aliphatic heterocycles. The lowest BCUT2D eigenvalue weighted by Crippen LogP contribution is -2.22. The molecule has 0 bridgehead atoms. The second kappa shape index (κ2) is 6.36. The summed E-state index contributed by atoms with van der Waals surface area (Å²) in [7, 11) is 1.87. The van der Waals surface area contributed by atoms with Gasteiger partial charge in [-0.2, -0.15) is 5.10 Å². The lowest BCUT2D eigenvalue weighted by atomic mass is 10.3. The van der Waals surface area contributed by atoms with Crippen molar-refractivity contribution in [3.8, 4) is 0 Å². The first kappa shape index (κ1) is 15.0. The Balaban J connectivity index is 1.97. The van der Waals surface area contributed by atoms with E-state index in [1.165, 1.54) is 6.07 Å². The van der Waals surface area contributed by atoms with Crippen LogP contribution < -0.4 is 10.5 Å². The highest BCUT2D eigenvalue weighted by molar-refractivity contribution is 7.15. The number of carbonyl (C=O) groups excluding carboxylic acids is 2. The number of thiophene rings is 1. The van der Waals surface area contributed by atoms with Crippen LogP contribution >= 0.6 is 11.3 Å². The molecular weight excluding hydrogens is 290 g/mol. The Bertz CT molecular complexity index is 700. The molecule has 7 heteroatoms. The van der Waals surface area contributed by atoms with E-state index in [9.17, 15) is 14.7 Å². The quantitative estimate of drug-likeness (QED) is 0.646. The van der Waals surface area contributed by atoms with Crippen LogP contribution in [0.25, 0.3) is 0 Å². The number of carboxylic acids is 1. The van der Waals surface area contributed by atoms with E-state index < -0.39 is 5.97 Å². The van der Waals surface area contributed by atoms with Crippen molar-refractivity contribution < 1.29 is 14.7 Å². The van der Waals surface area contributed by atoms with Gasteiger partial charge in [0.1, 0.15) is 0 Å². The molecular formula is C14H14N3O3S-. The van der Waals surface area contributed by atoms with Gasteiger partial charge in [-0.1, -0.05) is 0 Å². The molecule has 0 spiro atoms. The lowest BCUT2D eigenvalue weighted by molar-refractivity contribution is -0.254. The normalized spacial score (nSPS) is 11.4. The molecule has 0 aliphatic rings. The Labute approximate surface area is 125 Å². The Morgan fingerprint density at radius 2 is 2.05 bits per heavy atom. The number of aryl methyl sites for hydroxylation is 1. The van der Waals surface area contributed by atoms with Crippen LogP contribution in [0.15, 0.2) is 35.6 Å². The Hall–Kier alpha value is -2.41. The zero-order valence-corrected chi connectivity index (χ0v) is 12.4. The molecule has 0 unspecified atom stereocenters. The maximum absolute atomic E-state index is 11.8. The second-order valence-corrected chi connectivity index (χ2v) is 5.55. The average Bonchev–Trinajstić information content (AvgIpc) is 3.06. The molecule has 0 aromatic carbocycles. The maximum Gasteiger partial charge on any atom is 0.246 e. The highest BCUT2D eigenvalue weighted by atomic mass is 32.1. The first-order valence-corrected chi connectivity index (χ1v) is 7.04. The largest absolute Gasteiger partial charge is 0.544 e. The van der Waals surface area contributed by atoms with Gasteiger partial charge in [0.05, 0.1) is 27.9 Å². The van der Waals surface area contributed by atoms with Gasteiger partial charge in [0, 0.05) is 18.9 Å². The number of nitrogens with one attached hydrogen (secondary N) is 1. The SMILES string of the molecule is C/C(=N/NC(=O)Cc1cccn1C)c1ccc(C(=O)[O-])s1. The van der Waals surface area contributed by atoms with E-state index in [1.54, 1.807) is 13.0 Å². The van der Waals surface area contributed by atoms with Crippen LogP contribution in [0.2, 0.25) is 0 Å². The molecule has 0 saturated heterocycles. The molecule has 0 fully saturated rings. The number of hydrogen-bond donors (Lipinski definition) is 1. The predicted molar refractivity (Wildman–Crippen MR) is 78.1 cm³/mol. The van der Waals surface area contributed by atoms with Crippen LogP contribution in [0, 0.1) is 0 Å². The van der Waals surface area contributed by atoms with Crippen molar-refractivity contribution in [1.29, 1.82) is 0 Å². The summed E-state index contributed by atoms with van der Waals surface area (Å²) >= 11 is 1.06. The van der Waals surface area contributed by atoms with E-state index in [4.69, 9.17) is 0 Å². The molecule has 21 heavy (non-hydrogen) atoms. The molecule has 1 amide bonds. The molecule has 2 heterocycles. The minimum absolute atomic E-state index is 0.134. The Morgan fingerprint density at radius 3 is 2.62 bits per heavy atom. The Morgan fingerprint density at radius 1 is 1.33 bits per heavy atom. The zero-order chi connectivity index (χ0) is 15.4. The van der Waals surface area contributed by atoms with E-state index in [0.717, 1.165) is 17.0 Å². The topological polar surface area (TPSA) is 86.5 Å². The summed E-state index contributed by atoms with van der Waals surface area (Å²) in [5.74, 6) is -1.44. The number of rotatable bonds is 5. The van der Waals surface area contributed by atoms with E-state index in [0.29, 0.717) is 10.6 Å². The number of hydrogen-bond acceptors (Lipinski definition) is 5. The summed E-state index contributed by atoms with van der Waals surface area (Å²) in [6.07, 6.45) is 2.10. The van der Waals surface area contributed by atoms with Crippen LogP contribution in [-0.2, 0) is 18.3 Å². The first-order valence-electron chi connectivity index (χ1n) is 6.22. The monoisotopic (exact) mass is 304 g/mol. The molecule has 0 saturated carbocycles. The van der Waals surface area contributed by atoms with Gasteiger partial charge in [0.25, 0.3) is 0 Å². The van der Waals surface area contributed by atoms with Crippen LogP contribution in [0.3, 0.4) is 0 Å². The van der Waals surface area contributed by atoms with Gasteiger partial charge in [0.2, 0.25) is 5.91 Å². The minimum Gasteiger partial charge on any atom is -0.544 e. The van der Waals surface area contributed by atoms with Crippen molar-refractivity contribution in [3.63, 3.8) is 0 Å². The number of nitrogens with zero attached hydrogens (tertiary/aromatic N) is 2. The summed E-state index contributed by atoms with van der Waals surface area (Å²) in [5, 5.41) is 14.7. The molecule has 1 N–H and O–H groups in total. The molecule has 0 aliphatic carbocycles. The highest BCUT2D eigenvalue weighted by Gasteiger charge is 2.07. The molecule has 6 nitrogen and oxygen atoms in total. The summed E-state index contributed by atoms with van der Waals surface area (Å²) in [6, 6.07) is 6.82. The third-order valence-corrected chi connectivity index (χ3v) is 4.08. The van der Waals surface area contributed by atoms with Gasteiger partial charge in [-0.3, -0.25) is 4.79 Å². The number of hydrazone groups is 1. The zero-order valence-electron chi connectivity index (χ0n) is 11.6. The van der Waals surface area contributed by atoms with E-state index >= 15 is 0 Å². The fourth-order valence-corrected chi connectivity index (χ4v) is 2.51. The molecule has 0 radical (unpaired) electrons. The van der Waals surface area contributed by atoms with E-state index in [1.807, 2.05) is 29.9 Å². The third-order valence-electron chi connectivity index (χ3n) is 2.91. The van der Waals surface area contributed by atoms with Crippen LogP contribution in [0.5, 0.6) is 0 Å². The van der Waals surface area contributed by atoms with E-state index in [2.05, 4.69) is 10.5 Å². The lowest BCUT2D eigenvalue weighted by Gasteiger charge is -2.03. The van der Waals surface area contributed by atoms with Gasteiger partial charge >= 0.3 is 0 Å². The highest BCUT2D eigenvalue weighted by Crippen LogP contribution is 2.16. The van der Waals surface area contributed by atoms with E-state index in [-0.39, 0.29) is 17.2 Å². The fraction of sp³-hybridized carbons (Fsp3) is 0.214. The predicted octanol–water partition coefficient (Wildman–Crippen LogP) is 0.533. The van der Waals surface area contributed by atoms with Gasteiger partial charge in [-0.15, -0.1) is 11.3 Å². The first-order chi connectivity index (χ1) is 9.97. The number of aromatic nitrogens is 1. The average molecular weight is 304 g/mol. The van der Waals surface area contributed by atoms with Crippen molar-refractivity contribution in [2.45, 2.75) is 13.3 Å². The molecule has 2 aromatic rings. The van der Waals surface area contributed by atoms with Crippen molar-refractivity contribution in [3.05, 3.63) is 45.9 Å². The van der Waals surface area contributed by atoms with Crippen molar-refractivity contribution in [1.82, 2.24) is 9.99 Å². The van der Waals surface area contributed by atoms with Gasteiger partial charge < -0.3 is 14.5 Å². The maximum atomic E-state index is 11.8. The summed E-state index contributed by atoms with van der Waals surface area (Å²) < 4.78 is 1.86. The van der Waals surface area contributed by atoms with Crippen LogP contribution in [-0.4, -0.2) is 22.2 Å². The fourth-order valence-electron chi connectivity index (χ4n) is 1.73. The van der Waals surface area contributed by atoms with Crippen molar-refractivity contribution in [2.24, 2.45) is 12.1 Å². The summed E-state index contributed by atoms with van der Waals surface area (Å²) in [6.45, 7) is 1.70. The van der Waals surface area contributed by atoms with Crippen molar-refractivity contribution in [2.75, 3.05) is 0 Å². The van der Waals surface area contributed by atoms with Crippen LogP contribution in [0.1, 0.15) is 27.2 Å². The number of carbonyl (C=O) groups is 2. The summed E-state index contributed by atoms with van der Waals surface area (Å²) in [5.41, 5.74) is 3.90. The Kier molecular flexibility index (Phi) is 4.54. The van der Waals surface area contributed by atoms with Gasteiger partial charge in [-0.25, -0.2) is 5.43 Å². The molecule has 2 aromatic heterocycles. The van der Waals surface area contributed by atoms with Gasteiger partial charge in [-0.05, 0) is 31.2 Å². The summed E-state index contributed by atoms with van der Waals surface area (Å²) in [4.78, 5) is 23.3. The smallest absolute Gasteiger partial charge is 0.246 e. The molecule has 0 atom stereocenters. The third kappa shape index (κ3) is 3.79. The standard InChI is InChI=1S/C14H15N3O3S/c1-9(11-5-6-12(21-11)14(19)20)15-16-13(18)8-10-4-3-7-17(10)2/h3-7H,8H2,1-2H3,(H,16,18)(H,19,20)/p-1/b15-9-. The van der Waals surface area contributed by atoms with Gasteiger partial charge in [0.15, 0.2) is 0 Å². The number of aromatic carboxylic acids is 1. The minimum atomic E-state index is -1.22.